The van der Waals surface area contributed by atoms with Gasteiger partial charge in [0.15, 0.2) is 0 Å². The molecule has 114 valence electrons. The standard InChI is InChI=1S/C14H15F3N2O2/c1-12(11(18)21)13(14(15,16)17,8-10(20)19(12)2)9-6-4-3-5-7-9/h3-7H,8H2,1-2H3,(H2,18,21)/t12-,13?/m1/s1. The minimum absolute atomic E-state index is 0.142. The summed E-state index contributed by atoms with van der Waals surface area (Å²) in [6, 6.07) is 6.97. The third kappa shape index (κ3) is 1.76. The van der Waals surface area contributed by atoms with Crippen LogP contribution in [0.15, 0.2) is 30.3 Å². The van der Waals surface area contributed by atoms with E-state index >= 15 is 0 Å². The molecule has 0 radical (unpaired) electrons. The molecule has 0 spiro atoms. The second-order valence-corrected chi connectivity index (χ2v) is 5.34. The number of nitrogens with two attached hydrogens (primary N) is 1. The molecule has 1 aliphatic heterocycles. The lowest BCUT2D eigenvalue weighted by Gasteiger charge is -2.44. The number of amides is 2. The van der Waals surface area contributed by atoms with Crippen LogP contribution in [0.1, 0.15) is 18.9 Å². The van der Waals surface area contributed by atoms with E-state index in [1.54, 1.807) is 6.07 Å². The number of primary amides is 1. The molecule has 1 unspecified atom stereocenters. The van der Waals surface area contributed by atoms with Crippen molar-refractivity contribution >= 4 is 11.8 Å². The molecule has 1 aliphatic rings. The number of nitrogens with zero attached hydrogens (tertiary/aromatic N) is 1. The van der Waals surface area contributed by atoms with Crippen LogP contribution < -0.4 is 5.73 Å². The molecule has 2 amide bonds. The minimum atomic E-state index is -4.81. The minimum Gasteiger partial charge on any atom is -0.368 e. The van der Waals surface area contributed by atoms with E-state index < -0.39 is 35.4 Å². The second kappa shape index (κ2) is 4.47. The molecule has 21 heavy (non-hydrogen) atoms. The van der Waals surface area contributed by atoms with Crippen LogP contribution >= 0.6 is 0 Å². The molecule has 1 aromatic rings. The van der Waals surface area contributed by atoms with Crippen molar-refractivity contribution in [2.75, 3.05) is 7.05 Å². The SMILES string of the molecule is CN1C(=O)CC(c2ccccc2)(C(F)(F)F)[C@@]1(C)C(N)=O. The Labute approximate surface area is 119 Å². The number of halogens is 3. The lowest BCUT2D eigenvalue weighted by atomic mass is 9.65. The first kappa shape index (κ1) is 15.3. The number of alkyl halides is 3. The zero-order chi connectivity index (χ0) is 16.1. The van der Waals surface area contributed by atoms with Crippen LogP contribution in [0.5, 0.6) is 0 Å². The molecule has 1 saturated heterocycles. The molecule has 0 aromatic heterocycles. The number of carbonyl (C=O) groups is 2. The Bertz CT molecular complexity index is 588. The smallest absolute Gasteiger partial charge is 0.368 e. The highest BCUT2D eigenvalue weighted by Crippen LogP contribution is 2.56. The second-order valence-electron chi connectivity index (χ2n) is 5.34. The monoisotopic (exact) mass is 300 g/mol. The number of hydrogen-bond acceptors (Lipinski definition) is 2. The summed E-state index contributed by atoms with van der Waals surface area (Å²) in [4.78, 5) is 24.6. The topological polar surface area (TPSA) is 63.4 Å². The van der Waals surface area contributed by atoms with E-state index in [9.17, 15) is 22.8 Å². The maximum atomic E-state index is 13.9. The predicted molar refractivity (Wildman–Crippen MR) is 69.2 cm³/mol. The molecule has 2 atom stereocenters. The van der Waals surface area contributed by atoms with E-state index in [-0.39, 0.29) is 5.56 Å². The molecule has 0 aliphatic carbocycles. The first-order chi connectivity index (χ1) is 9.59. The van der Waals surface area contributed by atoms with Crippen molar-refractivity contribution in [3.63, 3.8) is 0 Å². The summed E-state index contributed by atoms with van der Waals surface area (Å²) < 4.78 is 41.8. The van der Waals surface area contributed by atoms with Crippen LogP contribution in [0.2, 0.25) is 0 Å². The Morgan fingerprint density at radius 1 is 1.29 bits per heavy atom. The largest absolute Gasteiger partial charge is 0.401 e. The lowest BCUT2D eigenvalue weighted by Crippen LogP contribution is -2.66. The number of likely N-dealkylation sites (N-methyl/N-ethyl adjacent to an activating group) is 1. The van der Waals surface area contributed by atoms with Gasteiger partial charge in [-0.2, -0.15) is 13.2 Å². The zero-order valence-corrected chi connectivity index (χ0v) is 11.6. The first-order valence-electron chi connectivity index (χ1n) is 6.28. The van der Waals surface area contributed by atoms with Gasteiger partial charge in [-0.15, -0.1) is 0 Å². The molecule has 2 N–H and O–H groups in total. The summed E-state index contributed by atoms with van der Waals surface area (Å²) >= 11 is 0. The highest BCUT2D eigenvalue weighted by molar-refractivity contribution is 5.97. The van der Waals surface area contributed by atoms with Crippen LogP contribution in [0.4, 0.5) is 13.2 Å². The van der Waals surface area contributed by atoms with Gasteiger partial charge in [-0.3, -0.25) is 9.59 Å². The summed E-state index contributed by atoms with van der Waals surface area (Å²) in [5, 5.41) is 0. The normalized spacial score (nSPS) is 29.8. The van der Waals surface area contributed by atoms with Crippen molar-refractivity contribution in [1.29, 1.82) is 0 Å². The number of carbonyl (C=O) groups excluding carboxylic acids is 2. The van der Waals surface area contributed by atoms with Crippen LogP contribution in [-0.2, 0) is 15.0 Å². The van der Waals surface area contributed by atoms with E-state index in [0.717, 1.165) is 11.8 Å². The number of hydrogen-bond donors (Lipinski definition) is 1. The molecule has 7 heteroatoms. The number of benzene rings is 1. The molecule has 1 heterocycles. The fourth-order valence-electron chi connectivity index (χ4n) is 3.07. The van der Waals surface area contributed by atoms with Crippen molar-refractivity contribution in [3.05, 3.63) is 35.9 Å². The molecule has 1 fully saturated rings. The fourth-order valence-corrected chi connectivity index (χ4v) is 3.07. The molecule has 2 rings (SSSR count). The Morgan fingerprint density at radius 2 is 1.81 bits per heavy atom. The quantitative estimate of drug-likeness (QED) is 0.901. The van der Waals surface area contributed by atoms with Gasteiger partial charge in [0.05, 0.1) is 0 Å². The van der Waals surface area contributed by atoms with E-state index in [0.29, 0.717) is 0 Å². The maximum Gasteiger partial charge on any atom is 0.401 e. The van der Waals surface area contributed by atoms with Crippen molar-refractivity contribution in [2.45, 2.75) is 30.5 Å². The van der Waals surface area contributed by atoms with Gasteiger partial charge in [-0.1, -0.05) is 30.3 Å². The molecular weight excluding hydrogens is 285 g/mol. The van der Waals surface area contributed by atoms with Gasteiger partial charge in [0, 0.05) is 13.5 Å². The Morgan fingerprint density at radius 3 is 2.24 bits per heavy atom. The highest BCUT2D eigenvalue weighted by atomic mass is 19.4. The molecule has 4 nitrogen and oxygen atoms in total. The van der Waals surface area contributed by atoms with E-state index in [1.165, 1.54) is 31.3 Å². The molecular formula is C14H15F3N2O2. The summed E-state index contributed by atoms with van der Waals surface area (Å²) in [6.07, 6.45) is -5.64. The maximum absolute atomic E-state index is 13.9. The van der Waals surface area contributed by atoms with Crippen molar-refractivity contribution < 1.29 is 22.8 Å². The van der Waals surface area contributed by atoms with Gasteiger partial charge in [0.25, 0.3) is 0 Å². The third-order valence-electron chi connectivity index (χ3n) is 4.52. The van der Waals surface area contributed by atoms with E-state index in [4.69, 9.17) is 5.73 Å². The fraction of sp³-hybridized carbons (Fsp3) is 0.429. The third-order valence-corrected chi connectivity index (χ3v) is 4.52. The Hall–Kier alpha value is -2.05. The van der Waals surface area contributed by atoms with E-state index in [2.05, 4.69) is 0 Å². The number of rotatable bonds is 2. The summed E-state index contributed by atoms with van der Waals surface area (Å²) in [5.41, 5.74) is 0.289. The van der Waals surface area contributed by atoms with Gasteiger partial charge in [0.2, 0.25) is 11.8 Å². The van der Waals surface area contributed by atoms with E-state index in [1.807, 2.05) is 0 Å². The Kier molecular flexibility index (Phi) is 3.27. The molecule has 0 saturated carbocycles. The first-order valence-corrected chi connectivity index (χ1v) is 6.28. The van der Waals surface area contributed by atoms with Gasteiger partial charge >= 0.3 is 6.18 Å². The predicted octanol–water partition coefficient (Wildman–Crippen LogP) is 1.59. The van der Waals surface area contributed by atoms with Gasteiger partial charge in [-0.05, 0) is 12.5 Å². The van der Waals surface area contributed by atoms with Crippen LogP contribution in [-0.4, -0.2) is 35.5 Å². The zero-order valence-electron chi connectivity index (χ0n) is 11.6. The average molecular weight is 300 g/mol. The average Bonchev–Trinajstić information content (AvgIpc) is 2.62. The van der Waals surface area contributed by atoms with Crippen molar-refractivity contribution in [3.8, 4) is 0 Å². The van der Waals surface area contributed by atoms with Crippen LogP contribution in [0.3, 0.4) is 0 Å². The van der Waals surface area contributed by atoms with Crippen LogP contribution in [0, 0.1) is 0 Å². The van der Waals surface area contributed by atoms with Crippen molar-refractivity contribution in [1.82, 2.24) is 4.90 Å². The van der Waals surface area contributed by atoms with Crippen LogP contribution in [0.25, 0.3) is 0 Å². The highest BCUT2D eigenvalue weighted by Gasteiger charge is 2.74. The summed E-state index contributed by atoms with van der Waals surface area (Å²) in [6.45, 7) is 1.07. The Balaban J connectivity index is 2.83. The summed E-state index contributed by atoms with van der Waals surface area (Å²) in [7, 11) is 1.17. The molecule has 1 aromatic carbocycles. The molecule has 0 bridgehead atoms. The van der Waals surface area contributed by atoms with Crippen molar-refractivity contribution in [2.24, 2.45) is 5.73 Å². The van der Waals surface area contributed by atoms with Gasteiger partial charge in [0.1, 0.15) is 11.0 Å². The van der Waals surface area contributed by atoms with Gasteiger partial charge in [-0.25, -0.2) is 0 Å². The van der Waals surface area contributed by atoms with Gasteiger partial charge < -0.3 is 10.6 Å². The number of likely N-dealkylation sites (tertiary alicyclic amines) is 1. The lowest BCUT2D eigenvalue weighted by molar-refractivity contribution is -0.211. The summed E-state index contributed by atoms with van der Waals surface area (Å²) in [5.74, 6) is -1.95.